The van der Waals surface area contributed by atoms with Crippen LogP contribution in [0.4, 0.5) is 0 Å². The monoisotopic (exact) mass is 265 g/mol. The lowest BCUT2D eigenvalue weighted by atomic mass is 10.1. The Bertz CT molecular complexity index is 287. The highest BCUT2D eigenvalue weighted by Gasteiger charge is 2.03. The summed E-state index contributed by atoms with van der Waals surface area (Å²) in [5.41, 5.74) is 0. The summed E-state index contributed by atoms with van der Waals surface area (Å²) in [5, 5.41) is 0. The third-order valence-electron chi connectivity index (χ3n) is 3.29. The van der Waals surface area contributed by atoms with Crippen molar-refractivity contribution in [2.75, 3.05) is 0 Å². The summed E-state index contributed by atoms with van der Waals surface area (Å²) >= 11 is 0. The first-order chi connectivity index (χ1) is 8.83. The predicted octanol–water partition coefficient (Wildman–Crippen LogP) is 5.76. The second-order valence-corrected chi connectivity index (χ2v) is 5.15. The Kier molecular flexibility index (Phi) is 11.4. The lowest BCUT2D eigenvalue weighted by Crippen LogP contribution is -2.11. The maximum absolute atomic E-state index is 5.86. The SMILES string of the molecule is CCCCCCCCCC(C)Oc1ccccc1.N. The van der Waals surface area contributed by atoms with Crippen molar-refractivity contribution in [3.63, 3.8) is 0 Å². The van der Waals surface area contributed by atoms with Gasteiger partial charge in [-0.15, -0.1) is 0 Å². The van der Waals surface area contributed by atoms with E-state index in [0.717, 1.165) is 5.75 Å². The van der Waals surface area contributed by atoms with Crippen LogP contribution in [0.1, 0.15) is 65.2 Å². The van der Waals surface area contributed by atoms with E-state index >= 15 is 0 Å². The maximum Gasteiger partial charge on any atom is 0.119 e. The lowest BCUT2D eigenvalue weighted by molar-refractivity contribution is 0.206. The van der Waals surface area contributed by atoms with E-state index in [0.29, 0.717) is 6.10 Å². The summed E-state index contributed by atoms with van der Waals surface area (Å²) in [7, 11) is 0. The van der Waals surface area contributed by atoms with Crippen molar-refractivity contribution in [2.24, 2.45) is 0 Å². The minimum Gasteiger partial charge on any atom is -0.491 e. The maximum atomic E-state index is 5.86. The zero-order valence-corrected chi connectivity index (χ0v) is 12.7. The van der Waals surface area contributed by atoms with Gasteiger partial charge >= 0.3 is 0 Å². The van der Waals surface area contributed by atoms with Crippen molar-refractivity contribution >= 4 is 0 Å². The van der Waals surface area contributed by atoms with Crippen LogP contribution in [0, 0.1) is 0 Å². The third kappa shape index (κ3) is 9.54. The molecule has 0 aliphatic carbocycles. The molecule has 0 fully saturated rings. The normalized spacial score (nSPS) is 11.7. The first kappa shape index (κ1) is 18.0. The number of rotatable bonds is 10. The van der Waals surface area contributed by atoms with Gasteiger partial charge in [-0.1, -0.05) is 63.6 Å². The van der Waals surface area contributed by atoms with Gasteiger partial charge in [-0.2, -0.15) is 0 Å². The van der Waals surface area contributed by atoms with E-state index in [9.17, 15) is 0 Å². The Morgan fingerprint density at radius 1 is 0.895 bits per heavy atom. The highest BCUT2D eigenvalue weighted by molar-refractivity contribution is 5.21. The molecule has 0 aliphatic rings. The Labute approximate surface area is 119 Å². The number of ether oxygens (including phenoxy) is 1. The molecule has 0 spiro atoms. The van der Waals surface area contributed by atoms with E-state index < -0.39 is 0 Å². The fraction of sp³-hybridized carbons (Fsp3) is 0.647. The molecule has 0 radical (unpaired) electrons. The molecule has 0 saturated carbocycles. The van der Waals surface area contributed by atoms with Crippen LogP contribution in [-0.2, 0) is 0 Å². The molecule has 0 amide bonds. The molecule has 0 aromatic heterocycles. The predicted molar refractivity (Wildman–Crippen MR) is 84.2 cm³/mol. The largest absolute Gasteiger partial charge is 0.491 e. The topological polar surface area (TPSA) is 44.2 Å². The quantitative estimate of drug-likeness (QED) is 0.547. The van der Waals surface area contributed by atoms with Gasteiger partial charge in [0.2, 0.25) is 0 Å². The average Bonchev–Trinajstić information content (AvgIpc) is 2.39. The van der Waals surface area contributed by atoms with Gasteiger partial charge in [0.1, 0.15) is 5.75 Å². The first-order valence-corrected chi connectivity index (χ1v) is 7.54. The Morgan fingerprint density at radius 2 is 1.47 bits per heavy atom. The Balaban J connectivity index is 0.00000324. The number of hydrogen-bond acceptors (Lipinski definition) is 2. The summed E-state index contributed by atoms with van der Waals surface area (Å²) in [6, 6.07) is 10.1. The summed E-state index contributed by atoms with van der Waals surface area (Å²) in [4.78, 5) is 0. The van der Waals surface area contributed by atoms with Crippen molar-refractivity contribution in [3.05, 3.63) is 30.3 Å². The third-order valence-corrected chi connectivity index (χ3v) is 3.29. The smallest absolute Gasteiger partial charge is 0.119 e. The number of para-hydroxylation sites is 1. The van der Waals surface area contributed by atoms with Gasteiger partial charge in [-0.3, -0.25) is 0 Å². The fourth-order valence-corrected chi connectivity index (χ4v) is 2.18. The number of unbranched alkanes of at least 4 members (excludes halogenated alkanes) is 6. The molecule has 0 bridgehead atoms. The van der Waals surface area contributed by atoms with Crippen molar-refractivity contribution in [1.82, 2.24) is 6.15 Å². The van der Waals surface area contributed by atoms with Crippen LogP contribution in [0.25, 0.3) is 0 Å². The summed E-state index contributed by atoms with van der Waals surface area (Å²) < 4.78 is 5.86. The van der Waals surface area contributed by atoms with Crippen LogP contribution >= 0.6 is 0 Å². The van der Waals surface area contributed by atoms with Crippen molar-refractivity contribution in [1.29, 1.82) is 0 Å². The van der Waals surface area contributed by atoms with Crippen molar-refractivity contribution in [3.8, 4) is 5.75 Å². The van der Waals surface area contributed by atoms with E-state index in [-0.39, 0.29) is 6.15 Å². The van der Waals surface area contributed by atoms with Gasteiger partial charge in [0.15, 0.2) is 0 Å². The molecule has 19 heavy (non-hydrogen) atoms. The van der Waals surface area contributed by atoms with E-state index in [4.69, 9.17) is 4.74 Å². The number of hydrogen-bond donors (Lipinski definition) is 1. The van der Waals surface area contributed by atoms with Crippen LogP contribution in [0.2, 0.25) is 0 Å². The highest BCUT2D eigenvalue weighted by Crippen LogP contribution is 2.15. The van der Waals surface area contributed by atoms with Gasteiger partial charge < -0.3 is 10.9 Å². The minimum atomic E-state index is 0. The molecule has 1 aromatic rings. The molecule has 0 aliphatic heterocycles. The minimum absolute atomic E-state index is 0. The Morgan fingerprint density at radius 3 is 2.11 bits per heavy atom. The molecule has 0 heterocycles. The van der Waals surface area contributed by atoms with E-state index in [1.54, 1.807) is 0 Å². The molecule has 2 nitrogen and oxygen atoms in total. The molecule has 1 aromatic carbocycles. The lowest BCUT2D eigenvalue weighted by Gasteiger charge is -2.14. The van der Waals surface area contributed by atoms with Gasteiger partial charge in [0, 0.05) is 0 Å². The Hall–Kier alpha value is -1.02. The summed E-state index contributed by atoms with van der Waals surface area (Å²) in [6.07, 6.45) is 11.1. The summed E-state index contributed by atoms with van der Waals surface area (Å²) in [6.45, 7) is 4.44. The van der Waals surface area contributed by atoms with Gasteiger partial charge in [-0.25, -0.2) is 0 Å². The highest BCUT2D eigenvalue weighted by atomic mass is 16.5. The molecule has 2 heteroatoms. The van der Waals surface area contributed by atoms with Crippen molar-refractivity contribution < 1.29 is 4.74 Å². The van der Waals surface area contributed by atoms with Crippen LogP contribution in [0.3, 0.4) is 0 Å². The molecule has 110 valence electrons. The van der Waals surface area contributed by atoms with Gasteiger partial charge in [0.25, 0.3) is 0 Å². The van der Waals surface area contributed by atoms with Gasteiger partial charge in [0.05, 0.1) is 6.10 Å². The van der Waals surface area contributed by atoms with Crippen LogP contribution in [0.5, 0.6) is 5.75 Å². The summed E-state index contributed by atoms with van der Waals surface area (Å²) in [5.74, 6) is 0.993. The molecule has 1 rings (SSSR count). The molecule has 3 N–H and O–H groups in total. The van der Waals surface area contributed by atoms with Crippen LogP contribution < -0.4 is 10.9 Å². The fourth-order valence-electron chi connectivity index (χ4n) is 2.18. The second-order valence-electron chi connectivity index (χ2n) is 5.15. The molecular formula is C17H31NO. The zero-order chi connectivity index (χ0) is 13.1. The van der Waals surface area contributed by atoms with E-state index in [2.05, 4.69) is 13.8 Å². The molecule has 0 saturated heterocycles. The number of benzene rings is 1. The average molecular weight is 265 g/mol. The first-order valence-electron chi connectivity index (χ1n) is 7.54. The van der Waals surface area contributed by atoms with E-state index in [1.165, 1.54) is 51.4 Å². The standard InChI is InChI=1S/C17H28O.H3N/c1-3-4-5-6-7-8-10-13-16(2)18-17-14-11-9-12-15-17;/h9,11-12,14-16H,3-8,10,13H2,1-2H3;1H3. The molecule has 1 unspecified atom stereocenters. The second kappa shape index (κ2) is 12.0. The molecule has 1 atom stereocenters. The van der Waals surface area contributed by atoms with Crippen LogP contribution in [0.15, 0.2) is 30.3 Å². The van der Waals surface area contributed by atoms with Gasteiger partial charge in [-0.05, 0) is 31.9 Å². The van der Waals surface area contributed by atoms with Crippen molar-refractivity contribution in [2.45, 2.75) is 71.3 Å². The van der Waals surface area contributed by atoms with Crippen LogP contribution in [-0.4, -0.2) is 6.10 Å². The molecular weight excluding hydrogens is 234 g/mol. The van der Waals surface area contributed by atoms with E-state index in [1.807, 2.05) is 30.3 Å². The zero-order valence-electron chi connectivity index (χ0n) is 12.7.